The average Bonchev–Trinajstić information content (AvgIpc) is 3.46. The van der Waals surface area contributed by atoms with Gasteiger partial charge in [-0.25, -0.2) is 9.78 Å². The van der Waals surface area contributed by atoms with Crippen molar-refractivity contribution in [2.24, 2.45) is 11.5 Å². The minimum atomic E-state index is -1.24. The molecule has 3 aromatic rings. The summed E-state index contributed by atoms with van der Waals surface area (Å²) in [5.74, 6) is -3.18. The van der Waals surface area contributed by atoms with Crippen LogP contribution in [0.2, 0.25) is 0 Å². The molecule has 0 aliphatic carbocycles. The number of H-pyrrole nitrogens is 2. The number of carboxylic acids is 1. The Morgan fingerprint density at radius 2 is 1.76 bits per heavy atom. The molecule has 12 heteroatoms. The lowest BCUT2D eigenvalue weighted by molar-refractivity contribution is -0.142. The average molecular weight is 470 g/mol. The fourth-order valence-corrected chi connectivity index (χ4v) is 3.53. The summed E-state index contributed by atoms with van der Waals surface area (Å²) in [7, 11) is 0. The van der Waals surface area contributed by atoms with Gasteiger partial charge in [0, 0.05) is 48.3 Å². The van der Waals surface area contributed by atoms with Gasteiger partial charge in [-0.3, -0.25) is 14.4 Å². The fourth-order valence-electron chi connectivity index (χ4n) is 3.53. The largest absolute Gasteiger partial charge is 0.480 e. The summed E-state index contributed by atoms with van der Waals surface area (Å²) < 4.78 is 0. The third-order valence-electron chi connectivity index (χ3n) is 5.36. The van der Waals surface area contributed by atoms with Crippen LogP contribution in [0, 0.1) is 0 Å². The lowest BCUT2D eigenvalue weighted by atomic mass is 10.0. The molecule has 0 bridgehead atoms. The molecule has 0 unspecified atom stereocenters. The van der Waals surface area contributed by atoms with Gasteiger partial charge < -0.3 is 37.2 Å². The number of hydrogen-bond acceptors (Lipinski definition) is 6. The number of imidazole rings is 1. The molecule has 0 spiro atoms. The van der Waals surface area contributed by atoms with Crippen molar-refractivity contribution in [3.63, 3.8) is 0 Å². The number of amides is 3. The number of hydrogen-bond donors (Lipinski definition) is 7. The van der Waals surface area contributed by atoms with E-state index >= 15 is 0 Å². The summed E-state index contributed by atoms with van der Waals surface area (Å²) in [5.41, 5.74) is 13.0. The molecule has 3 rings (SSSR count). The maximum atomic E-state index is 13.1. The Kier molecular flexibility index (Phi) is 7.98. The van der Waals surface area contributed by atoms with Crippen LogP contribution in [0.1, 0.15) is 24.1 Å². The number of carbonyl (C=O) groups is 4. The molecule has 0 radical (unpaired) electrons. The van der Waals surface area contributed by atoms with Crippen LogP contribution in [0.15, 0.2) is 43.0 Å². The number of aliphatic carboxylic acids is 1. The summed E-state index contributed by atoms with van der Waals surface area (Å²) >= 11 is 0. The molecule has 2 heterocycles. The first-order chi connectivity index (χ1) is 16.2. The molecule has 180 valence electrons. The maximum absolute atomic E-state index is 13.1. The van der Waals surface area contributed by atoms with E-state index in [2.05, 4.69) is 25.6 Å². The van der Waals surface area contributed by atoms with Gasteiger partial charge in [0.25, 0.3) is 0 Å². The molecule has 3 atom stereocenters. The molecule has 34 heavy (non-hydrogen) atoms. The third kappa shape index (κ3) is 6.42. The van der Waals surface area contributed by atoms with Crippen molar-refractivity contribution in [1.29, 1.82) is 0 Å². The first-order valence-electron chi connectivity index (χ1n) is 10.6. The first kappa shape index (κ1) is 24.5. The van der Waals surface area contributed by atoms with Crippen LogP contribution in [-0.4, -0.2) is 61.9 Å². The number of primary amides is 1. The van der Waals surface area contributed by atoms with Gasteiger partial charge in [0.2, 0.25) is 17.7 Å². The zero-order valence-electron chi connectivity index (χ0n) is 18.3. The van der Waals surface area contributed by atoms with Crippen molar-refractivity contribution in [3.05, 3.63) is 54.2 Å². The van der Waals surface area contributed by atoms with E-state index in [1.54, 1.807) is 6.20 Å². The topological polar surface area (TPSA) is 209 Å². The van der Waals surface area contributed by atoms with Crippen molar-refractivity contribution >= 4 is 34.6 Å². The highest BCUT2D eigenvalue weighted by Crippen LogP contribution is 2.19. The van der Waals surface area contributed by atoms with Gasteiger partial charge in [-0.2, -0.15) is 0 Å². The second-order valence-electron chi connectivity index (χ2n) is 7.92. The van der Waals surface area contributed by atoms with E-state index in [1.807, 2.05) is 24.3 Å². The van der Waals surface area contributed by atoms with E-state index in [4.69, 9.17) is 11.5 Å². The van der Waals surface area contributed by atoms with E-state index in [0.29, 0.717) is 5.69 Å². The van der Waals surface area contributed by atoms with Gasteiger partial charge in [-0.1, -0.05) is 18.2 Å². The molecular weight excluding hydrogens is 442 g/mol. The Hall–Kier alpha value is -4.19. The van der Waals surface area contributed by atoms with Gasteiger partial charge in [0.15, 0.2) is 0 Å². The molecule has 0 saturated carbocycles. The second kappa shape index (κ2) is 11.1. The lowest BCUT2D eigenvalue weighted by Gasteiger charge is -2.22. The Morgan fingerprint density at radius 3 is 2.44 bits per heavy atom. The minimum Gasteiger partial charge on any atom is -0.480 e. The van der Waals surface area contributed by atoms with Gasteiger partial charge in [-0.15, -0.1) is 0 Å². The van der Waals surface area contributed by atoms with E-state index in [-0.39, 0.29) is 25.7 Å². The quantitative estimate of drug-likeness (QED) is 0.181. The van der Waals surface area contributed by atoms with Crippen molar-refractivity contribution in [2.45, 2.75) is 43.8 Å². The molecule has 0 aliphatic rings. The Bertz CT molecular complexity index is 1160. The summed E-state index contributed by atoms with van der Waals surface area (Å²) in [6, 6.07) is 3.99. The van der Waals surface area contributed by atoms with Crippen molar-refractivity contribution in [1.82, 2.24) is 25.6 Å². The minimum absolute atomic E-state index is 0.0118. The maximum Gasteiger partial charge on any atom is 0.326 e. The second-order valence-corrected chi connectivity index (χ2v) is 7.92. The van der Waals surface area contributed by atoms with Crippen molar-refractivity contribution < 1.29 is 24.3 Å². The monoisotopic (exact) mass is 469 g/mol. The number of rotatable bonds is 12. The number of nitrogens with two attached hydrogens (primary N) is 2. The van der Waals surface area contributed by atoms with Gasteiger partial charge >= 0.3 is 5.97 Å². The third-order valence-corrected chi connectivity index (χ3v) is 5.36. The van der Waals surface area contributed by atoms with Gasteiger partial charge in [0.1, 0.15) is 12.1 Å². The molecule has 9 N–H and O–H groups in total. The predicted molar refractivity (Wildman–Crippen MR) is 122 cm³/mol. The number of para-hydroxylation sites is 1. The van der Waals surface area contributed by atoms with Crippen molar-refractivity contribution in [2.75, 3.05) is 0 Å². The van der Waals surface area contributed by atoms with Gasteiger partial charge in [0.05, 0.1) is 12.4 Å². The number of aromatic nitrogens is 3. The van der Waals surface area contributed by atoms with Crippen LogP contribution >= 0.6 is 0 Å². The number of fused-ring (bicyclic) bond motifs is 1. The highest BCUT2D eigenvalue weighted by Gasteiger charge is 2.29. The number of carbonyl (C=O) groups excluding carboxylic acids is 3. The zero-order valence-corrected chi connectivity index (χ0v) is 18.3. The lowest BCUT2D eigenvalue weighted by Crippen LogP contribution is -2.55. The van der Waals surface area contributed by atoms with Crippen LogP contribution in [0.4, 0.5) is 0 Å². The molecule has 3 amide bonds. The SMILES string of the molecule is NC(=O)CC[C@H](N)C(=O)N[C@@H](Cc1cnc[nH]1)C(=O)N[C@@H](Cc1c[nH]c2ccccc12)C(=O)O. The van der Waals surface area contributed by atoms with E-state index < -0.39 is 41.8 Å². The molecule has 12 nitrogen and oxygen atoms in total. The zero-order chi connectivity index (χ0) is 24.7. The number of nitrogens with zero attached hydrogens (tertiary/aromatic N) is 1. The summed E-state index contributed by atoms with van der Waals surface area (Å²) in [5, 5.41) is 15.6. The molecule has 2 aromatic heterocycles. The molecule has 0 fully saturated rings. The van der Waals surface area contributed by atoms with Gasteiger partial charge in [-0.05, 0) is 18.1 Å². The Labute approximate surface area is 194 Å². The van der Waals surface area contributed by atoms with Crippen molar-refractivity contribution in [3.8, 4) is 0 Å². The number of benzene rings is 1. The number of nitrogens with one attached hydrogen (secondary N) is 4. The van der Waals surface area contributed by atoms with E-state index in [0.717, 1.165) is 16.5 Å². The fraction of sp³-hybridized carbons (Fsp3) is 0.318. The Morgan fingerprint density at radius 1 is 1.03 bits per heavy atom. The summed E-state index contributed by atoms with van der Waals surface area (Å²) in [6.07, 6.45) is 4.60. The smallest absolute Gasteiger partial charge is 0.326 e. The molecule has 0 saturated heterocycles. The highest BCUT2D eigenvalue weighted by molar-refractivity contribution is 5.92. The van der Waals surface area contributed by atoms with Crippen LogP contribution in [0.3, 0.4) is 0 Å². The Balaban J connectivity index is 1.73. The van der Waals surface area contributed by atoms with Crippen LogP contribution < -0.4 is 22.1 Å². The van der Waals surface area contributed by atoms with Crippen LogP contribution in [0.25, 0.3) is 10.9 Å². The first-order valence-corrected chi connectivity index (χ1v) is 10.6. The molecular formula is C22H27N7O5. The summed E-state index contributed by atoms with van der Waals surface area (Å²) in [6.45, 7) is 0. The van der Waals surface area contributed by atoms with E-state index in [1.165, 1.54) is 12.5 Å². The molecule has 1 aromatic carbocycles. The van der Waals surface area contributed by atoms with E-state index in [9.17, 15) is 24.3 Å². The number of carboxylic acid groups (broad SMARTS) is 1. The van der Waals surface area contributed by atoms with Crippen LogP contribution in [-0.2, 0) is 32.0 Å². The number of aromatic amines is 2. The highest BCUT2D eigenvalue weighted by atomic mass is 16.4. The standard InChI is InChI=1S/C22H27N7O5/c23-15(5-6-19(24)30)20(31)28-17(8-13-10-25-11-27-13)21(32)29-18(22(33)34)7-12-9-26-16-4-2-1-3-14(12)16/h1-4,9-11,15,17-18,26H,5-8,23H2,(H2,24,30)(H,25,27)(H,28,31)(H,29,32)(H,33,34)/t15-,17-,18-/m0/s1. The normalized spacial score (nSPS) is 13.7. The molecule has 0 aliphatic heterocycles. The summed E-state index contributed by atoms with van der Waals surface area (Å²) in [4.78, 5) is 58.3. The predicted octanol–water partition coefficient (Wildman–Crippen LogP) is -0.677. The van der Waals surface area contributed by atoms with Crippen LogP contribution in [0.5, 0.6) is 0 Å².